The largest absolute Gasteiger partial charge is 0.481 e. The van der Waals surface area contributed by atoms with Crippen LogP contribution < -0.4 is 0 Å². The minimum Gasteiger partial charge on any atom is -0.481 e. The quantitative estimate of drug-likeness (QED) is 0.202. The van der Waals surface area contributed by atoms with E-state index >= 15 is 0 Å². The minimum absolute atomic E-state index is 0.00443. The van der Waals surface area contributed by atoms with Gasteiger partial charge in [-0.25, -0.2) is 0 Å². The number of carbonyl (C=O) groups excluding carboxylic acids is 1. The smallest absolute Gasteiger partial charge is 0.303 e. The number of hydrogen-bond donors (Lipinski definition) is 1. The van der Waals surface area contributed by atoms with Gasteiger partial charge in [0.05, 0.1) is 5.48 Å². The third-order valence-corrected chi connectivity index (χ3v) is 2.90. The highest BCUT2D eigenvalue weighted by Crippen LogP contribution is 2.01. The number of aliphatic carboxylic acids is 1. The Morgan fingerprint density at radius 2 is 1.70 bits per heavy atom. The Labute approximate surface area is 146 Å². The van der Waals surface area contributed by atoms with Crippen molar-refractivity contribution in [2.24, 2.45) is 0 Å². The average Bonchev–Trinajstić information content (AvgIpc) is 2.60. The third-order valence-electron chi connectivity index (χ3n) is 2.90. The molecule has 0 aliphatic carbocycles. The van der Waals surface area contributed by atoms with E-state index in [0.717, 1.165) is 19.3 Å². The number of rotatable bonds is 14. The number of carbonyl (C=O) groups is 2. The number of carboxylic acid groups (broad SMARTS) is 1. The minimum atomic E-state index is -0.920. The molecule has 0 amide bonds. The Kier molecular flexibility index (Phi) is 10.5. The van der Waals surface area contributed by atoms with E-state index < -0.39 is 5.97 Å². The molecule has 0 radical (unpaired) electrons. The Hall–Kier alpha value is -1.90. The lowest BCUT2D eigenvalue weighted by atomic mass is 10.1. The lowest BCUT2D eigenvalue weighted by Crippen LogP contribution is -1.97. The van der Waals surface area contributed by atoms with E-state index in [-0.39, 0.29) is 55.7 Å². The first-order chi connectivity index (χ1) is 12.8. The van der Waals surface area contributed by atoms with Crippen molar-refractivity contribution in [3.8, 4) is 0 Å². The third kappa shape index (κ3) is 18.1. The summed E-state index contributed by atoms with van der Waals surface area (Å²) in [6.07, 6.45) is 10.3. The molecule has 0 unspecified atom stereocenters. The number of ketones is 1. The van der Waals surface area contributed by atoms with Crippen LogP contribution in [0.1, 0.15) is 70.2 Å². The topological polar surface area (TPSA) is 54.4 Å². The van der Waals surface area contributed by atoms with Gasteiger partial charge in [0.2, 0.25) is 0 Å². The summed E-state index contributed by atoms with van der Waals surface area (Å²) in [6.45, 7) is 2.07. The number of hydrogen-bond acceptors (Lipinski definition) is 2. The van der Waals surface area contributed by atoms with E-state index in [2.05, 4.69) is 6.92 Å². The molecule has 0 aliphatic rings. The molecule has 3 nitrogen and oxygen atoms in total. The van der Waals surface area contributed by atoms with Gasteiger partial charge in [0, 0.05) is 12.8 Å². The van der Waals surface area contributed by atoms with Crippen molar-refractivity contribution in [3.05, 3.63) is 48.5 Å². The van der Waals surface area contributed by atoms with Gasteiger partial charge < -0.3 is 5.11 Å². The standard InChI is InChI=1S/C20H30O3/c1-2-3-4-5-6-7-8-9-10-11-12-13-14-16-19(21)17-15-18-20(22)23/h6-7,9-10,12-14,16H,2-5,8,11,15,17-18H2,1H3,(H,22,23)/b7-6-,10-9-,13-12-,16-14+/i6D,7D,9D,10D. The van der Waals surface area contributed by atoms with Crippen LogP contribution >= 0.6 is 0 Å². The lowest BCUT2D eigenvalue weighted by molar-refractivity contribution is -0.137. The van der Waals surface area contributed by atoms with Gasteiger partial charge in [0.15, 0.2) is 5.78 Å². The van der Waals surface area contributed by atoms with Crippen LogP contribution in [0.15, 0.2) is 48.5 Å². The maximum absolute atomic E-state index is 11.5. The molecule has 0 bridgehead atoms. The first kappa shape index (κ1) is 14.7. The van der Waals surface area contributed by atoms with Crippen LogP contribution in [0.25, 0.3) is 0 Å². The fourth-order valence-corrected chi connectivity index (χ4v) is 1.66. The summed E-state index contributed by atoms with van der Waals surface area (Å²) in [6, 6.07) is 0.440. The predicted molar refractivity (Wildman–Crippen MR) is 96.4 cm³/mol. The van der Waals surface area contributed by atoms with Crippen LogP contribution in [0.3, 0.4) is 0 Å². The molecule has 0 saturated heterocycles. The van der Waals surface area contributed by atoms with E-state index in [1.165, 1.54) is 12.2 Å². The molecule has 0 saturated carbocycles. The molecule has 128 valence electrons. The van der Waals surface area contributed by atoms with Crippen LogP contribution in [0.5, 0.6) is 0 Å². The maximum atomic E-state index is 11.5. The van der Waals surface area contributed by atoms with E-state index in [0.29, 0.717) is 12.8 Å². The highest BCUT2D eigenvalue weighted by atomic mass is 16.4. The highest BCUT2D eigenvalue weighted by molar-refractivity contribution is 5.90. The van der Waals surface area contributed by atoms with Crippen LogP contribution in [0, 0.1) is 0 Å². The van der Waals surface area contributed by atoms with E-state index in [9.17, 15) is 9.59 Å². The van der Waals surface area contributed by atoms with Crippen molar-refractivity contribution >= 4 is 11.8 Å². The molecular weight excluding hydrogens is 288 g/mol. The molecule has 0 atom stereocenters. The molecule has 0 heterocycles. The van der Waals surface area contributed by atoms with E-state index in [4.69, 9.17) is 10.6 Å². The van der Waals surface area contributed by atoms with Crippen LogP contribution in [-0.2, 0) is 9.59 Å². The Bertz CT molecular complexity index is 604. The van der Waals surface area contributed by atoms with E-state index in [1.807, 2.05) is 0 Å². The summed E-state index contributed by atoms with van der Waals surface area (Å²) < 4.78 is 31.4. The Morgan fingerprint density at radius 1 is 0.957 bits per heavy atom. The average molecular weight is 322 g/mol. The SMILES string of the molecule is [2H]/C(C/C=C\C=C\C(=O)CCCC(=O)O)=C(\[2H])C/C([2H])=C(/[2H])CCCCC. The van der Waals surface area contributed by atoms with Gasteiger partial charge in [0.1, 0.15) is 0 Å². The Balaban J connectivity index is 4.39. The maximum Gasteiger partial charge on any atom is 0.303 e. The van der Waals surface area contributed by atoms with Crippen molar-refractivity contribution < 1.29 is 20.2 Å². The summed E-state index contributed by atoms with van der Waals surface area (Å²) in [5.74, 6) is -1.07. The number of unbranched alkanes of at least 4 members (excludes halogenated alkanes) is 2. The van der Waals surface area contributed by atoms with E-state index in [1.54, 1.807) is 12.2 Å². The Morgan fingerprint density at radius 3 is 2.43 bits per heavy atom. The zero-order valence-electron chi connectivity index (χ0n) is 17.9. The summed E-state index contributed by atoms with van der Waals surface area (Å²) in [5, 5.41) is 8.50. The van der Waals surface area contributed by atoms with Crippen LogP contribution in [-0.4, -0.2) is 16.9 Å². The summed E-state index contributed by atoms with van der Waals surface area (Å²) in [7, 11) is 0. The molecule has 0 rings (SSSR count). The number of allylic oxidation sites excluding steroid dienone is 8. The van der Waals surface area contributed by atoms with Crippen LogP contribution in [0.4, 0.5) is 0 Å². The molecule has 3 heteroatoms. The van der Waals surface area contributed by atoms with Crippen molar-refractivity contribution in [3.63, 3.8) is 0 Å². The molecular formula is C20H30O3. The predicted octanol–water partition coefficient (Wildman–Crippen LogP) is 5.40. The zero-order chi connectivity index (χ0) is 20.7. The summed E-state index contributed by atoms with van der Waals surface area (Å²) in [4.78, 5) is 21.8. The van der Waals surface area contributed by atoms with Gasteiger partial charge >= 0.3 is 5.97 Å². The van der Waals surface area contributed by atoms with Crippen LogP contribution in [0.2, 0.25) is 0 Å². The molecule has 0 aromatic rings. The van der Waals surface area contributed by atoms with Gasteiger partial charge in [-0.05, 0) is 38.2 Å². The first-order valence-corrected chi connectivity index (χ1v) is 8.16. The van der Waals surface area contributed by atoms with Crippen molar-refractivity contribution in [2.45, 2.75) is 64.7 Å². The molecule has 0 spiro atoms. The normalized spacial score (nSPS) is 16.4. The molecule has 0 aliphatic heterocycles. The molecule has 0 fully saturated rings. The first-order valence-electron chi connectivity index (χ1n) is 10.2. The summed E-state index contributed by atoms with van der Waals surface area (Å²) >= 11 is 0. The fraction of sp³-hybridized carbons (Fsp3) is 0.500. The fourth-order valence-electron chi connectivity index (χ4n) is 1.66. The number of carboxylic acids is 1. The van der Waals surface area contributed by atoms with Crippen molar-refractivity contribution in [1.29, 1.82) is 0 Å². The lowest BCUT2D eigenvalue weighted by Gasteiger charge is -1.92. The summed E-state index contributed by atoms with van der Waals surface area (Å²) in [5.41, 5.74) is 0. The second kappa shape index (κ2) is 16.5. The van der Waals surface area contributed by atoms with Gasteiger partial charge in [0.25, 0.3) is 0 Å². The van der Waals surface area contributed by atoms with Gasteiger partial charge in [-0.2, -0.15) is 0 Å². The highest BCUT2D eigenvalue weighted by Gasteiger charge is 1.99. The van der Waals surface area contributed by atoms with Gasteiger partial charge in [-0.15, -0.1) is 0 Å². The monoisotopic (exact) mass is 322 g/mol. The molecule has 0 aromatic carbocycles. The van der Waals surface area contributed by atoms with Gasteiger partial charge in [-0.3, -0.25) is 9.59 Å². The van der Waals surface area contributed by atoms with Gasteiger partial charge in [-0.1, -0.05) is 62.2 Å². The van der Waals surface area contributed by atoms with Crippen molar-refractivity contribution in [1.82, 2.24) is 0 Å². The molecule has 0 aromatic heterocycles. The molecule has 23 heavy (non-hydrogen) atoms. The zero-order valence-corrected chi connectivity index (χ0v) is 13.9. The van der Waals surface area contributed by atoms with Crippen molar-refractivity contribution in [2.75, 3.05) is 0 Å². The second-order valence-electron chi connectivity index (χ2n) is 5.05. The molecule has 1 N–H and O–H groups in total. The second-order valence-corrected chi connectivity index (χ2v) is 5.05.